The van der Waals surface area contributed by atoms with Crippen LogP contribution in [0.3, 0.4) is 0 Å². The quantitative estimate of drug-likeness (QED) is 0.115. The summed E-state index contributed by atoms with van der Waals surface area (Å²) in [6.07, 6.45) is 16.1. The fourth-order valence-corrected chi connectivity index (χ4v) is 13.1. The second-order valence-electron chi connectivity index (χ2n) is 15.2. The third kappa shape index (κ3) is 15.2. The predicted octanol–water partition coefficient (Wildman–Crippen LogP) is 8.08. The van der Waals surface area contributed by atoms with Crippen molar-refractivity contribution in [2.24, 2.45) is 11.3 Å². The Morgan fingerprint density at radius 2 is 1.17 bits per heavy atom. The van der Waals surface area contributed by atoms with Crippen molar-refractivity contribution >= 4 is 29.1 Å². The van der Waals surface area contributed by atoms with E-state index in [4.69, 9.17) is 17.7 Å². The Labute approximate surface area is 291 Å². The van der Waals surface area contributed by atoms with Crippen LogP contribution in [0.15, 0.2) is 0 Å². The van der Waals surface area contributed by atoms with Crippen molar-refractivity contribution in [3.05, 3.63) is 0 Å². The lowest BCUT2D eigenvalue weighted by molar-refractivity contribution is -0.134. The van der Waals surface area contributed by atoms with E-state index in [9.17, 15) is 9.59 Å². The van der Waals surface area contributed by atoms with Gasteiger partial charge < -0.3 is 32.8 Å². The number of rotatable bonds is 22. The fourth-order valence-electron chi connectivity index (χ4n) is 8.02. The summed E-state index contributed by atoms with van der Waals surface area (Å²) in [6, 6.07) is 0.565. The van der Waals surface area contributed by atoms with Crippen LogP contribution in [0.1, 0.15) is 138 Å². The van der Waals surface area contributed by atoms with Gasteiger partial charge in [0.05, 0.1) is 12.3 Å². The molecule has 0 saturated heterocycles. The zero-order chi connectivity index (χ0) is 34.9. The highest BCUT2D eigenvalue weighted by atomic mass is 28.4. The van der Waals surface area contributed by atoms with E-state index in [2.05, 4.69) is 44.1 Å². The fraction of sp³-hybridized carbons (Fsp3) is 0.944. The highest BCUT2D eigenvalue weighted by Crippen LogP contribution is 2.32. The maximum atomic E-state index is 13.8. The first kappa shape index (κ1) is 42.2. The second-order valence-corrected chi connectivity index (χ2v) is 21.6. The smallest absolute Gasteiger partial charge is 0.355 e. The van der Waals surface area contributed by atoms with Crippen molar-refractivity contribution in [2.75, 3.05) is 45.3 Å². The Morgan fingerprint density at radius 1 is 0.745 bits per heavy atom. The van der Waals surface area contributed by atoms with Gasteiger partial charge in [-0.1, -0.05) is 59.3 Å². The van der Waals surface area contributed by atoms with Crippen LogP contribution >= 0.6 is 0 Å². The van der Waals surface area contributed by atoms with Crippen LogP contribution in [0.5, 0.6) is 0 Å². The van der Waals surface area contributed by atoms with Gasteiger partial charge in [-0.25, -0.2) is 4.79 Å². The zero-order valence-corrected chi connectivity index (χ0v) is 33.9. The van der Waals surface area contributed by atoms with E-state index in [1.54, 1.807) is 0 Å². The summed E-state index contributed by atoms with van der Waals surface area (Å²) in [5.41, 5.74) is 0.0679. The van der Waals surface area contributed by atoms with E-state index in [0.29, 0.717) is 63.7 Å². The van der Waals surface area contributed by atoms with Crippen LogP contribution in [-0.4, -0.2) is 96.3 Å². The van der Waals surface area contributed by atoms with Crippen LogP contribution in [0, 0.1) is 11.3 Å². The Balaban J connectivity index is 1.95. The van der Waals surface area contributed by atoms with E-state index in [1.165, 1.54) is 38.5 Å². The summed E-state index contributed by atoms with van der Waals surface area (Å²) in [5, 5.41) is 3.29. The predicted molar refractivity (Wildman–Crippen MR) is 197 cm³/mol. The number of hydrogen-bond acceptors (Lipinski definition) is 6. The van der Waals surface area contributed by atoms with E-state index < -0.39 is 17.1 Å². The van der Waals surface area contributed by atoms with Crippen LogP contribution in [0.2, 0.25) is 13.1 Å². The number of hydrogen-bond donors (Lipinski definition) is 1. The molecule has 2 aliphatic rings. The van der Waals surface area contributed by atoms with E-state index in [-0.39, 0.29) is 23.4 Å². The van der Waals surface area contributed by atoms with Crippen molar-refractivity contribution < 1.29 is 27.3 Å². The summed E-state index contributed by atoms with van der Waals surface area (Å²) in [7, 11) is -4.96. The molecule has 0 spiro atoms. The molecule has 1 unspecified atom stereocenters. The first-order valence-electron chi connectivity index (χ1n) is 19.2. The molecule has 0 aromatic rings. The van der Waals surface area contributed by atoms with Gasteiger partial charge in [-0.3, -0.25) is 4.79 Å². The van der Waals surface area contributed by atoms with Gasteiger partial charge in [0, 0.05) is 51.5 Å². The standard InChI is InChI=1S/C36H73N3O6Si2/c1-10-42-46(8,43-11-2)29-38(32-21-16-14-17-22-32)34(40)25-20-26-36(6,7)27-31(5)28-37-35(41)39(33-23-18-15-19-24-33)30-47(9,44-12-3)45-13-4/h31-33H,10-30H2,1-9H3,(H,37,41). The number of carbonyl (C=O) groups excluding carboxylic acids is 2. The molecular formula is C36H73N3O6Si2. The van der Waals surface area contributed by atoms with Crippen LogP contribution in [0.4, 0.5) is 4.79 Å². The maximum Gasteiger partial charge on any atom is 0.355 e. The number of amides is 3. The molecule has 2 aliphatic carbocycles. The van der Waals surface area contributed by atoms with E-state index in [0.717, 1.165) is 44.9 Å². The second kappa shape index (κ2) is 21.3. The third-order valence-electron chi connectivity index (χ3n) is 10.1. The molecule has 0 aromatic heterocycles. The van der Waals surface area contributed by atoms with Gasteiger partial charge in [-0.2, -0.15) is 0 Å². The molecule has 3 amide bonds. The molecule has 1 atom stereocenters. The van der Waals surface area contributed by atoms with E-state index in [1.807, 2.05) is 32.6 Å². The molecule has 2 rings (SSSR count). The average molecular weight is 700 g/mol. The molecule has 2 fully saturated rings. The largest absolute Gasteiger partial charge is 0.394 e. The number of nitrogens with zero attached hydrogens (tertiary/aromatic N) is 2. The van der Waals surface area contributed by atoms with Gasteiger partial charge in [-0.15, -0.1) is 0 Å². The number of nitrogens with one attached hydrogen (secondary N) is 1. The van der Waals surface area contributed by atoms with Gasteiger partial charge in [0.1, 0.15) is 0 Å². The third-order valence-corrected chi connectivity index (χ3v) is 15.5. The molecule has 0 aliphatic heterocycles. The van der Waals surface area contributed by atoms with Crippen molar-refractivity contribution in [1.29, 1.82) is 0 Å². The van der Waals surface area contributed by atoms with Gasteiger partial charge in [0.25, 0.3) is 0 Å². The summed E-state index contributed by atoms with van der Waals surface area (Å²) in [4.78, 5) is 31.6. The van der Waals surface area contributed by atoms with Crippen molar-refractivity contribution in [1.82, 2.24) is 15.1 Å². The lowest BCUT2D eigenvalue weighted by atomic mass is 9.79. The van der Waals surface area contributed by atoms with Crippen molar-refractivity contribution in [2.45, 2.75) is 164 Å². The highest BCUT2D eigenvalue weighted by Gasteiger charge is 2.40. The summed E-state index contributed by atoms with van der Waals surface area (Å²) < 4.78 is 24.6. The van der Waals surface area contributed by atoms with Crippen molar-refractivity contribution in [3.63, 3.8) is 0 Å². The van der Waals surface area contributed by atoms with Gasteiger partial charge >= 0.3 is 23.2 Å². The minimum atomic E-state index is -2.50. The first-order valence-corrected chi connectivity index (χ1v) is 24.2. The molecule has 0 radical (unpaired) electrons. The minimum Gasteiger partial charge on any atom is -0.394 e. The van der Waals surface area contributed by atoms with Gasteiger partial charge in [0.15, 0.2) is 0 Å². The number of urea groups is 1. The number of carbonyl (C=O) groups is 2. The molecule has 2 saturated carbocycles. The molecule has 11 heteroatoms. The van der Waals surface area contributed by atoms with Crippen LogP contribution in [-0.2, 0) is 22.5 Å². The van der Waals surface area contributed by atoms with Crippen LogP contribution < -0.4 is 5.32 Å². The Hall–Kier alpha value is -0.986. The Bertz CT molecular complexity index is 886. The lowest BCUT2D eigenvalue weighted by Gasteiger charge is -2.39. The highest BCUT2D eigenvalue weighted by molar-refractivity contribution is 6.66. The monoisotopic (exact) mass is 700 g/mol. The zero-order valence-electron chi connectivity index (χ0n) is 31.9. The summed E-state index contributed by atoms with van der Waals surface area (Å²) in [5.74, 6) is 0.576. The molecule has 1 N–H and O–H groups in total. The molecular weight excluding hydrogens is 627 g/mol. The molecule has 0 bridgehead atoms. The Kier molecular flexibility index (Phi) is 19.1. The SMILES string of the molecule is CCO[Si](C)(CN(C(=O)CCCC(C)(C)CC(C)CNC(=O)N(C[Si](C)(OCC)OCC)C1CCCCC1)C1CCCCC1)OCC. The maximum absolute atomic E-state index is 13.8. The topological polar surface area (TPSA) is 89.6 Å². The van der Waals surface area contributed by atoms with Crippen LogP contribution in [0.25, 0.3) is 0 Å². The summed E-state index contributed by atoms with van der Waals surface area (Å²) in [6.45, 7) is 22.1. The lowest BCUT2D eigenvalue weighted by Crippen LogP contribution is -2.57. The van der Waals surface area contributed by atoms with E-state index >= 15 is 0 Å². The average Bonchev–Trinajstić information content (AvgIpc) is 3.02. The molecule has 0 aromatic carbocycles. The molecule has 276 valence electrons. The summed E-state index contributed by atoms with van der Waals surface area (Å²) >= 11 is 0. The van der Waals surface area contributed by atoms with Crippen molar-refractivity contribution in [3.8, 4) is 0 Å². The normalized spacial score (nSPS) is 17.8. The Morgan fingerprint density at radius 3 is 1.62 bits per heavy atom. The first-order chi connectivity index (χ1) is 22.3. The molecule has 47 heavy (non-hydrogen) atoms. The molecule has 9 nitrogen and oxygen atoms in total. The van der Waals surface area contributed by atoms with Gasteiger partial charge in [-0.05, 0) is 97.1 Å². The molecule has 0 heterocycles. The minimum absolute atomic E-state index is 0.0164. The van der Waals surface area contributed by atoms with Gasteiger partial charge in [0.2, 0.25) is 5.91 Å².